The van der Waals surface area contributed by atoms with Crippen LogP contribution in [0.15, 0.2) is 17.6 Å². The third-order valence-corrected chi connectivity index (χ3v) is 1.38. The summed E-state index contributed by atoms with van der Waals surface area (Å²) < 4.78 is 0. The fourth-order valence-corrected chi connectivity index (χ4v) is 0.611. The molecule has 0 amide bonds. The summed E-state index contributed by atoms with van der Waals surface area (Å²) in [6, 6.07) is 0. The van der Waals surface area contributed by atoms with E-state index in [1.807, 2.05) is 19.2 Å². The van der Waals surface area contributed by atoms with Gasteiger partial charge in [0.05, 0.1) is 0 Å². The van der Waals surface area contributed by atoms with Crippen LogP contribution in [0.3, 0.4) is 0 Å². The van der Waals surface area contributed by atoms with Crippen molar-refractivity contribution < 1.29 is 0 Å². The lowest BCUT2D eigenvalue weighted by Crippen LogP contribution is -1.97. The van der Waals surface area contributed by atoms with Crippen molar-refractivity contribution >= 4 is 6.21 Å². The molecule has 9 heavy (non-hydrogen) atoms. The molecule has 1 atom stereocenters. The lowest BCUT2D eigenvalue weighted by Gasteiger charge is -2.02. The van der Waals surface area contributed by atoms with E-state index in [-0.39, 0.29) is 0 Å². The van der Waals surface area contributed by atoms with Gasteiger partial charge in [0, 0.05) is 6.54 Å². The standard InChI is InChI=1S/C8H15N/c1-4-8(5-2)7-9-6-3/h4,6,8H,1,5,7H2,2-3H3. The van der Waals surface area contributed by atoms with Gasteiger partial charge >= 0.3 is 0 Å². The first kappa shape index (κ1) is 8.41. The summed E-state index contributed by atoms with van der Waals surface area (Å²) in [6.07, 6.45) is 4.94. The largest absolute Gasteiger partial charge is 0.297 e. The van der Waals surface area contributed by atoms with Crippen molar-refractivity contribution in [2.45, 2.75) is 20.3 Å². The molecule has 0 saturated carbocycles. The normalized spacial score (nSPS) is 14.0. The van der Waals surface area contributed by atoms with Gasteiger partial charge in [-0.2, -0.15) is 0 Å². The third-order valence-electron chi connectivity index (χ3n) is 1.38. The highest BCUT2D eigenvalue weighted by Crippen LogP contribution is 2.02. The van der Waals surface area contributed by atoms with Crippen LogP contribution in [0.2, 0.25) is 0 Å². The van der Waals surface area contributed by atoms with Crippen LogP contribution in [0.5, 0.6) is 0 Å². The van der Waals surface area contributed by atoms with Crippen LogP contribution in [-0.2, 0) is 0 Å². The Bertz CT molecular complexity index is 94.7. The summed E-state index contributed by atoms with van der Waals surface area (Å²) in [4.78, 5) is 4.12. The van der Waals surface area contributed by atoms with Gasteiger partial charge in [-0.05, 0) is 25.5 Å². The molecule has 0 saturated heterocycles. The lowest BCUT2D eigenvalue weighted by atomic mass is 10.1. The molecule has 1 unspecified atom stereocenters. The molecule has 0 aliphatic rings. The summed E-state index contributed by atoms with van der Waals surface area (Å²) in [5.41, 5.74) is 0. The van der Waals surface area contributed by atoms with E-state index in [0.29, 0.717) is 5.92 Å². The summed E-state index contributed by atoms with van der Waals surface area (Å²) in [5, 5.41) is 0. The molecule has 1 heteroatoms. The van der Waals surface area contributed by atoms with Gasteiger partial charge < -0.3 is 0 Å². The maximum absolute atomic E-state index is 4.12. The average molecular weight is 125 g/mol. The van der Waals surface area contributed by atoms with Gasteiger partial charge in [-0.3, -0.25) is 4.99 Å². The third kappa shape index (κ3) is 3.95. The Morgan fingerprint density at radius 3 is 2.67 bits per heavy atom. The van der Waals surface area contributed by atoms with E-state index in [1.54, 1.807) is 0 Å². The Hall–Kier alpha value is -0.590. The van der Waals surface area contributed by atoms with Crippen molar-refractivity contribution in [3.8, 4) is 0 Å². The van der Waals surface area contributed by atoms with E-state index in [4.69, 9.17) is 0 Å². The predicted octanol–water partition coefficient (Wildman–Crippen LogP) is 2.29. The van der Waals surface area contributed by atoms with Gasteiger partial charge in [0.1, 0.15) is 0 Å². The van der Waals surface area contributed by atoms with Crippen LogP contribution in [-0.4, -0.2) is 12.8 Å². The van der Waals surface area contributed by atoms with Crippen LogP contribution in [0.1, 0.15) is 20.3 Å². The number of nitrogens with zero attached hydrogens (tertiary/aromatic N) is 1. The quantitative estimate of drug-likeness (QED) is 0.404. The summed E-state index contributed by atoms with van der Waals surface area (Å²) in [5.74, 6) is 0.571. The van der Waals surface area contributed by atoms with Crippen molar-refractivity contribution in [2.75, 3.05) is 6.54 Å². The van der Waals surface area contributed by atoms with Crippen molar-refractivity contribution in [2.24, 2.45) is 10.9 Å². The molecule has 0 N–H and O–H groups in total. The summed E-state index contributed by atoms with van der Waals surface area (Å²) in [7, 11) is 0. The molecule has 0 aromatic carbocycles. The Morgan fingerprint density at radius 1 is 1.67 bits per heavy atom. The van der Waals surface area contributed by atoms with Gasteiger partial charge in [-0.25, -0.2) is 0 Å². The SMILES string of the molecule is C=CC(CC)CN=CC. The highest BCUT2D eigenvalue weighted by Gasteiger charge is 1.95. The molecule has 0 aliphatic carbocycles. The van der Waals surface area contributed by atoms with Gasteiger partial charge in [-0.15, -0.1) is 6.58 Å². The van der Waals surface area contributed by atoms with E-state index in [0.717, 1.165) is 13.0 Å². The van der Waals surface area contributed by atoms with Crippen molar-refractivity contribution in [3.63, 3.8) is 0 Å². The van der Waals surface area contributed by atoms with Crippen molar-refractivity contribution in [1.82, 2.24) is 0 Å². The number of hydrogen-bond acceptors (Lipinski definition) is 1. The first-order valence-corrected chi connectivity index (χ1v) is 3.42. The first-order valence-electron chi connectivity index (χ1n) is 3.42. The molecule has 0 aromatic heterocycles. The van der Waals surface area contributed by atoms with Crippen LogP contribution in [0, 0.1) is 5.92 Å². The molecule has 0 aliphatic heterocycles. The first-order chi connectivity index (χ1) is 4.35. The molecule has 1 nitrogen and oxygen atoms in total. The zero-order valence-electron chi connectivity index (χ0n) is 6.30. The van der Waals surface area contributed by atoms with E-state index in [9.17, 15) is 0 Å². The second-order valence-corrected chi connectivity index (χ2v) is 2.03. The van der Waals surface area contributed by atoms with Crippen LogP contribution in [0.25, 0.3) is 0 Å². The molecule has 0 aromatic rings. The topological polar surface area (TPSA) is 12.4 Å². The van der Waals surface area contributed by atoms with E-state index in [1.165, 1.54) is 0 Å². The number of aliphatic imine (C=N–C) groups is 1. The van der Waals surface area contributed by atoms with Gasteiger partial charge in [0.15, 0.2) is 0 Å². The second-order valence-electron chi connectivity index (χ2n) is 2.03. The van der Waals surface area contributed by atoms with Crippen LogP contribution in [0.4, 0.5) is 0 Å². The highest BCUT2D eigenvalue weighted by atomic mass is 14.7. The van der Waals surface area contributed by atoms with Crippen LogP contribution < -0.4 is 0 Å². The molecule has 0 rings (SSSR count). The highest BCUT2D eigenvalue weighted by molar-refractivity contribution is 5.53. The molecule has 0 heterocycles. The Kier molecular flexibility index (Phi) is 5.18. The zero-order chi connectivity index (χ0) is 7.11. The summed E-state index contributed by atoms with van der Waals surface area (Å²) in [6.45, 7) is 8.70. The minimum absolute atomic E-state index is 0.571. The predicted molar refractivity (Wildman–Crippen MR) is 43.0 cm³/mol. The molecular formula is C8H15N. The minimum atomic E-state index is 0.571. The van der Waals surface area contributed by atoms with Crippen molar-refractivity contribution in [1.29, 1.82) is 0 Å². The Morgan fingerprint density at radius 2 is 2.33 bits per heavy atom. The van der Waals surface area contributed by atoms with Gasteiger partial charge in [-0.1, -0.05) is 13.0 Å². The molecule has 0 spiro atoms. The number of hydrogen-bond donors (Lipinski definition) is 0. The Labute approximate surface area is 57.5 Å². The van der Waals surface area contributed by atoms with E-state index in [2.05, 4.69) is 18.5 Å². The average Bonchev–Trinajstić information content (AvgIpc) is 1.91. The minimum Gasteiger partial charge on any atom is -0.297 e. The zero-order valence-corrected chi connectivity index (χ0v) is 6.30. The molecule has 0 bridgehead atoms. The Balaban J connectivity index is 3.42. The molecule has 0 fully saturated rings. The lowest BCUT2D eigenvalue weighted by molar-refractivity contribution is 0.643. The smallest absolute Gasteiger partial charge is 0.0447 e. The van der Waals surface area contributed by atoms with Crippen LogP contribution >= 0.6 is 0 Å². The van der Waals surface area contributed by atoms with Crippen molar-refractivity contribution in [3.05, 3.63) is 12.7 Å². The number of rotatable bonds is 4. The monoisotopic (exact) mass is 125 g/mol. The fourth-order valence-electron chi connectivity index (χ4n) is 0.611. The van der Waals surface area contributed by atoms with E-state index >= 15 is 0 Å². The van der Waals surface area contributed by atoms with Gasteiger partial charge in [0.2, 0.25) is 0 Å². The maximum atomic E-state index is 4.12. The van der Waals surface area contributed by atoms with Gasteiger partial charge in [0.25, 0.3) is 0 Å². The second kappa shape index (κ2) is 5.54. The summed E-state index contributed by atoms with van der Waals surface area (Å²) >= 11 is 0. The molecule has 0 radical (unpaired) electrons. The maximum Gasteiger partial charge on any atom is 0.0447 e. The molecule has 52 valence electrons. The van der Waals surface area contributed by atoms with E-state index < -0.39 is 0 Å². The molecular weight excluding hydrogens is 110 g/mol. The fraction of sp³-hybridized carbons (Fsp3) is 0.625.